The van der Waals surface area contributed by atoms with Crippen molar-refractivity contribution in [3.05, 3.63) is 48.7 Å². The summed E-state index contributed by atoms with van der Waals surface area (Å²) < 4.78 is 33.7. The highest BCUT2D eigenvalue weighted by atomic mass is 32.2. The largest absolute Gasteiger partial charge is 0.366 e. The number of nitrogens with zero attached hydrogens (tertiary/aromatic N) is 3. The Morgan fingerprint density at radius 3 is 2.14 bits per heavy atom. The predicted octanol–water partition coefficient (Wildman–Crippen LogP) is 3.69. The maximum atomic E-state index is 13.1. The van der Waals surface area contributed by atoms with E-state index in [1.54, 1.807) is 24.3 Å². The van der Waals surface area contributed by atoms with Gasteiger partial charge in [-0.15, -0.1) is 0 Å². The standard InChI is InChI=1S/C21H29N3O3S/c1-6-24(17-10-8-7-9-11-17)28(25,26)18-12-13-19(22-14-18)23-15-20(2,3)27-21(4,5)16-23/h7-14H,6,15-16H2,1-5H3. The SMILES string of the molecule is CCN(c1ccccc1)S(=O)(=O)c1ccc(N2CC(C)(C)OC(C)(C)C2)nc1. The average molecular weight is 404 g/mol. The molecule has 1 fully saturated rings. The number of para-hydroxylation sites is 1. The highest BCUT2D eigenvalue weighted by Crippen LogP contribution is 2.31. The lowest BCUT2D eigenvalue weighted by Gasteiger charge is -2.47. The molecular formula is C21H29N3O3S. The van der Waals surface area contributed by atoms with Crippen LogP contribution in [0.3, 0.4) is 0 Å². The van der Waals surface area contributed by atoms with E-state index < -0.39 is 10.0 Å². The van der Waals surface area contributed by atoms with Crippen LogP contribution in [0.15, 0.2) is 53.6 Å². The minimum atomic E-state index is -3.67. The molecule has 0 spiro atoms. The Bertz CT molecular complexity index is 894. The fourth-order valence-corrected chi connectivity index (χ4v) is 5.29. The molecule has 0 saturated carbocycles. The van der Waals surface area contributed by atoms with Crippen LogP contribution in [0, 0.1) is 0 Å². The van der Waals surface area contributed by atoms with Gasteiger partial charge in [0.2, 0.25) is 0 Å². The van der Waals surface area contributed by atoms with E-state index in [4.69, 9.17) is 4.74 Å². The van der Waals surface area contributed by atoms with E-state index in [9.17, 15) is 8.42 Å². The maximum absolute atomic E-state index is 13.1. The number of ether oxygens (including phenoxy) is 1. The summed E-state index contributed by atoms with van der Waals surface area (Å²) >= 11 is 0. The van der Waals surface area contributed by atoms with Gasteiger partial charge in [0, 0.05) is 25.8 Å². The average Bonchev–Trinajstić information content (AvgIpc) is 2.60. The van der Waals surface area contributed by atoms with Crippen molar-refractivity contribution in [1.82, 2.24) is 4.98 Å². The van der Waals surface area contributed by atoms with Crippen LogP contribution in [0.25, 0.3) is 0 Å². The van der Waals surface area contributed by atoms with E-state index in [1.165, 1.54) is 10.5 Å². The number of aromatic nitrogens is 1. The van der Waals surface area contributed by atoms with Crippen LogP contribution in [0.1, 0.15) is 34.6 Å². The molecule has 0 bridgehead atoms. The molecule has 1 aromatic heterocycles. The molecule has 6 nitrogen and oxygen atoms in total. The van der Waals surface area contributed by atoms with Crippen molar-refractivity contribution in [2.24, 2.45) is 0 Å². The molecule has 0 N–H and O–H groups in total. The van der Waals surface area contributed by atoms with E-state index in [0.717, 1.165) is 5.82 Å². The minimum absolute atomic E-state index is 0.189. The van der Waals surface area contributed by atoms with Gasteiger partial charge in [0.05, 0.1) is 16.9 Å². The van der Waals surface area contributed by atoms with Crippen LogP contribution in [-0.2, 0) is 14.8 Å². The number of pyridine rings is 1. The smallest absolute Gasteiger partial charge is 0.265 e. The monoisotopic (exact) mass is 403 g/mol. The molecule has 2 heterocycles. The molecule has 7 heteroatoms. The summed E-state index contributed by atoms with van der Waals surface area (Å²) in [5.41, 5.74) is 0.0341. The van der Waals surface area contributed by atoms with Gasteiger partial charge in [0.15, 0.2) is 0 Å². The van der Waals surface area contributed by atoms with Gasteiger partial charge in [0.1, 0.15) is 10.7 Å². The van der Waals surface area contributed by atoms with Crippen molar-refractivity contribution in [3.8, 4) is 0 Å². The lowest BCUT2D eigenvalue weighted by molar-refractivity contribution is -0.133. The Labute approximate surface area is 168 Å². The zero-order valence-corrected chi connectivity index (χ0v) is 18.0. The van der Waals surface area contributed by atoms with Gasteiger partial charge in [-0.25, -0.2) is 13.4 Å². The highest BCUT2D eigenvalue weighted by Gasteiger charge is 2.38. The van der Waals surface area contributed by atoms with E-state index in [-0.39, 0.29) is 16.1 Å². The molecule has 0 amide bonds. The summed E-state index contributed by atoms with van der Waals surface area (Å²) in [6.45, 7) is 11.8. The van der Waals surface area contributed by atoms with Gasteiger partial charge in [0.25, 0.3) is 10.0 Å². The minimum Gasteiger partial charge on any atom is -0.366 e. The molecular weight excluding hydrogens is 374 g/mol. The zero-order chi connectivity index (χ0) is 20.6. The topological polar surface area (TPSA) is 62.7 Å². The first-order chi connectivity index (χ1) is 13.0. The molecule has 0 atom stereocenters. The summed E-state index contributed by atoms with van der Waals surface area (Å²) in [5, 5.41) is 0. The normalized spacial score (nSPS) is 18.7. The molecule has 0 unspecified atom stereocenters. The van der Waals surface area contributed by atoms with Gasteiger partial charge in [-0.2, -0.15) is 0 Å². The summed E-state index contributed by atoms with van der Waals surface area (Å²) in [4.78, 5) is 6.81. The second-order valence-corrected chi connectivity index (χ2v) is 10.2. The highest BCUT2D eigenvalue weighted by molar-refractivity contribution is 7.92. The van der Waals surface area contributed by atoms with Crippen molar-refractivity contribution in [3.63, 3.8) is 0 Å². The van der Waals surface area contributed by atoms with Crippen LogP contribution in [0.4, 0.5) is 11.5 Å². The Morgan fingerprint density at radius 2 is 1.64 bits per heavy atom. The van der Waals surface area contributed by atoms with Crippen LogP contribution < -0.4 is 9.21 Å². The fraction of sp³-hybridized carbons (Fsp3) is 0.476. The van der Waals surface area contributed by atoms with Crippen molar-refractivity contribution >= 4 is 21.5 Å². The third kappa shape index (κ3) is 4.31. The second-order valence-electron chi connectivity index (χ2n) is 8.33. The number of hydrogen-bond donors (Lipinski definition) is 0. The molecule has 1 saturated heterocycles. The maximum Gasteiger partial charge on any atom is 0.265 e. The van der Waals surface area contributed by atoms with E-state index in [1.807, 2.05) is 25.1 Å². The fourth-order valence-electron chi connectivity index (χ4n) is 3.87. The number of rotatable bonds is 5. The number of sulfonamides is 1. The third-order valence-electron chi connectivity index (χ3n) is 4.66. The number of hydrogen-bond acceptors (Lipinski definition) is 5. The zero-order valence-electron chi connectivity index (χ0n) is 17.2. The van der Waals surface area contributed by atoms with Crippen LogP contribution in [0.2, 0.25) is 0 Å². The molecule has 1 aliphatic heterocycles. The van der Waals surface area contributed by atoms with Crippen molar-refractivity contribution in [2.45, 2.75) is 50.7 Å². The summed E-state index contributed by atoms with van der Waals surface area (Å²) in [6, 6.07) is 12.5. The quantitative estimate of drug-likeness (QED) is 0.762. The molecule has 3 rings (SSSR count). The van der Waals surface area contributed by atoms with Gasteiger partial charge in [-0.1, -0.05) is 18.2 Å². The lowest BCUT2D eigenvalue weighted by Crippen LogP contribution is -2.57. The molecule has 1 aliphatic rings. The number of anilines is 2. The van der Waals surface area contributed by atoms with Crippen molar-refractivity contribution in [1.29, 1.82) is 0 Å². The predicted molar refractivity (Wildman–Crippen MR) is 112 cm³/mol. The lowest BCUT2D eigenvalue weighted by atomic mass is 9.99. The first-order valence-corrected chi connectivity index (χ1v) is 11.0. The van der Waals surface area contributed by atoms with Crippen LogP contribution >= 0.6 is 0 Å². The summed E-state index contributed by atoms with van der Waals surface area (Å²) in [5.74, 6) is 0.756. The molecule has 0 radical (unpaired) electrons. The second kappa shape index (κ2) is 7.37. The number of morpholine rings is 1. The van der Waals surface area contributed by atoms with Gasteiger partial charge >= 0.3 is 0 Å². The van der Waals surface area contributed by atoms with Crippen molar-refractivity contribution in [2.75, 3.05) is 28.8 Å². The van der Waals surface area contributed by atoms with E-state index in [2.05, 4.69) is 37.6 Å². The molecule has 1 aromatic carbocycles. The van der Waals surface area contributed by atoms with Gasteiger partial charge in [-0.05, 0) is 58.9 Å². The van der Waals surface area contributed by atoms with Crippen LogP contribution in [-0.4, -0.2) is 44.2 Å². The Hall–Kier alpha value is -2.12. The number of benzene rings is 1. The summed E-state index contributed by atoms with van der Waals surface area (Å²) in [6.07, 6.45) is 1.45. The van der Waals surface area contributed by atoms with E-state index >= 15 is 0 Å². The first-order valence-electron chi connectivity index (χ1n) is 9.53. The third-order valence-corrected chi connectivity index (χ3v) is 6.55. The van der Waals surface area contributed by atoms with Crippen LogP contribution in [0.5, 0.6) is 0 Å². The summed E-state index contributed by atoms with van der Waals surface area (Å²) in [7, 11) is -3.67. The van der Waals surface area contributed by atoms with Gasteiger partial charge < -0.3 is 9.64 Å². The Kier molecular flexibility index (Phi) is 5.42. The Balaban J connectivity index is 1.87. The first kappa shape index (κ1) is 20.6. The molecule has 152 valence electrons. The molecule has 0 aliphatic carbocycles. The Morgan fingerprint density at radius 1 is 1.04 bits per heavy atom. The van der Waals surface area contributed by atoms with E-state index in [0.29, 0.717) is 25.3 Å². The van der Waals surface area contributed by atoms with Crippen molar-refractivity contribution < 1.29 is 13.2 Å². The van der Waals surface area contributed by atoms with Gasteiger partial charge in [-0.3, -0.25) is 4.31 Å². The molecule has 28 heavy (non-hydrogen) atoms. The molecule has 2 aromatic rings.